The molecule has 5 nitrogen and oxygen atoms in total. The van der Waals surface area contributed by atoms with Crippen LogP contribution in [0.4, 0.5) is 0 Å². The van der Waals surface area contributed by atoms with Crippen LogP contribution in [0, 0.1) is 11.8 Å². The van der Waals surface area contributed by atoms with Gasteiger partial charge in [-0.2, -0.15) is 4.31 Å². The number of ether oxygens (including phenoxy) is 2. The molecule has 1 heterocycles. The Morgan fingerprint density at radius 1 is 1.09 bits per heavy atom. The SMILES string of the molecule is COc1cc(Br)c(S(=O)(=O)N2C[C@@H](C)C[C@H](C)C2)cc1OC. The van der Waals surface area contributed by atoms with Gasteiger partial charge in [0, 0.05) is 23.6 Å². The number of piperidine rings is 1. The van der Waals surface area contributed by atoms with Crippen molar-refractivity contribution in [3.05, 3.63) is 16.6 Å². The van der Waals surface area contributed by atoms with Crippen LogP contribution in [-0.2, 0) is 10.0 Å². The molecule has 2 atom stereocenters. The van der Waals surface area contributed by atoms with Gasteiger partial charge in [0.2, 0.25) is 10.0 Å². The van der Waals surface area contributed by atoms with Crippen molar-refractivity contribution in [1.29, 1.82) is 0 Å². The molecule has 1 saturated heterocycles. The molecule has 0 amide bonds. The van der Waals surface area contributed by atoms with Crippen molar-refractivity contribution in [3.63, 3.8) is 0 Å². The van der Waals surface area contributed by atoms with Crippen LogP contribution in [0.25, 0.3) is 0 Å². The highest BCUT2D eigenvalue weighted by atomic mass is 79.9. The average molecular weight is 392 g/mol. The summed E-state index contributed by atoms with van der Waals surface area (Å²) in [6.45, 7) is 5.27. The Labute approximate surface area is 140 Å². The average Bonchev–Trinajstić information content (AvgIpc) is 2.45. The van der Waals surface area contributed by atoms with Gasteiger partial charge in [0.05, 0.1) is 14.2 Å². The second-order valence-electron chi connectivity index (χ2n) is 5.91. The molecular formula is C15H22BrNO4S. The normalized spacial score (nSPS) is 23.3. The molecule has 1 fully saturated rings. The van der Waals surface area contributed by atoms with Crippen LogP contribution in [-0.4, -0.2) is 40.0 Å². The number of sulfonamides is 1. The largest absolute Gasteiger partial charge is 0.493 e. The molecule has 0 spiro atoms. The van der Waals surface area contributed by atoms with Crippen molar-refractivity contribution in [2.75, 3.05) is 27.3 Å². The molecule has 1 aliphatic rings. The van der Waals surface area contributed by atoms with E-state index in [0.717, 1.165) is 6.42 Å². The summed E-state index contributed by atoms with van der Waals surface area (Å²) in [7, 11) is -0.552. The highest BCUT2D eigenvalue weighted by molar-refractivity contribution is 9.10. The maximum absolute atomic E-state index is 13.0. The zero-order chi connectivity index (χ0) is 16.5. The van der Waals surface area contributed by atoms with Gasteiger partial charge in [-0.15, -0.1) is 0 Å². The fraction of sp³-hybridized carbons (Fsp3) is 0.600. The number of halogens is 1. The van der Waals surface area contributed by atoms with Gasteiger partial charge in [-0.25, -0.2) is 8.42 Å². The number of hydrogen-bond acceptors (Lipinski definition) is 4. The molecule has 7 heteroatoms. The maximum Gasteiger partial charge on any atom is 0.244 e. The van der Waals surface area contributed by atoms with Gasteiger partial charge in [-0.05, 0) is 40.3 Å². The first-order valence-electron chi connectivity index (χ1n) is 7.21. The van der Waals surface area contributed by atoms with Crippen molar-refractivity contribution in [2.24, 2.45) is 11.8 Å². The van der Waals surface area contributed by atoms with Crippen LogP contribution in [0.15, 0.2) is 21.5 Å². The van der Waals surface area contributed by atoms with Crippen molar-refractivity contribution in [3.8, 4) is 11.5 Å². The molecule has 124 valence electrons. The molecule has 0 saturated carbocycles. The lowest BCUT2D eigenvalue weighted by Gasteiger charge is -2.34. The van der Waals surface area contributed by atoms with Crippen molar-refractivity contribution in [1.82, 2.24) is 4.31 Å². The van der Waals surface area contributed by atoms with E-state index in [1.807, 2.05) is 0 Å². The highest BCUT2D eigenvalue weighted by Crippen LogP contribution is 2.37. The molecule has 0 unspecified atom stereocenters. The molecule has 2 rings (SSSR count). The first-order chi connectivity index (χ1) is 10.3. The Bertz CT molecular complexity index is 637. The van der Waals surface area contributed by atoms with E-state index in [1.165, 1.54) is 20.3 Å². The Balaban J connectivity index is 2.45. The summed E-state index contributed by atoms with van der Waals surface area (Å²) < 4.78 is 38.4. The molecule has 0 radical (unpaired) electrons. The third-order valence-electron chi connectivity index (χ3n) is 3.89. The smallest absolute Gasteiger partial charge is 0.244 e. The predicted molar refractivity (Wildman–Crippen MR) is 88.9 cm³/mol. The van der Waals surface area contributed by atoms with Crippen LogP contribution in [0.1, 0.15) is 20.3 Å². The number of hydrogen-bond donors (Lipinski definition) is 0. The number of rotatable bonds is 4. The molecule has 0 aliphatic carbocycles. The van der Waals surface area contributed by atoms with Gasteiger partial charge in [0.25, 0.3) is 0 Å². The molecule has 22 heavy (non-hydrogen) atoms. The van der Waals surface area contributed by atoms with Crippen molar-refractivity contribution < 1.29 is 17.9 Å². The Kier molecular flexibility index (Phi) is 5.40. The lowest BCUT2D eigenvalue weighted by molar-refractivity contribution is 0.222. The molecule has 0 aromatic heterocycles. The van der Waals surface area contributed by atoms with Gasteiger partial charge in [-0.1, -0.05) is 13.8 Å². The van der Waals surface area contributed by atoms with E-state index in [4.69, 9.17) is 9.47 Å². The van der Waals surface area contributed by atoms with E-state index >= 15 is 0 Å². The fourth-order valence-electron chi connectivity index (χ4n) is 2.97. The van der Waals surface area contributed by atoms with Gasteiger partial charge >= 0.3 is 0 Å². The zero-order valence-corrected chi connectivity index (χ0v) is 15.7. The van der Waals surface area contributed by atoms with Crippen LogP contribution < -0.4 is 9.47 Å². The first kappa shape index (κ1) is 17.6. The minimum atomic E-state index is -3.57. The van der Waals surface area contributed by atoms with Gasteiger partial charge in [0.1, 0.15) is 4.90 Å². The van der Waals surface area contributed by atoms with Crippen LogP contribution >= 0.6 is 15.9 Å². The van der Waals surface area contributed by atoms with Gasteiger partial charge < -0.3 is 9.47 Å². The summed E-state index contributed by atoms with van der Waals surface area (Å²) >= 11 is 3.34. The first-order valence-corrected chi connectivity index (χ1v) is 9.44. The molecule has 0 N–H and O–H groups in total. The van der Waals surface area contributed by atoms with E-state index in [2.05, 4.69) is 29.8 Å². The minimum Gasteiger partial charge on any atom is -0.493 e. The summed E-state index contributed by atoms with van der Waals surface area (Å²) in [5.74, 6) is 1.62. The summed E-state index contributed by atoms with van der Waals surface area (Å²) in [5.41, 5.74) is 0. The Morgan fingerprint density at radius 3 is 2.09 bits per heavy atom. The van der Waals surface area contributed by atoms with Crippen LogP contribution in [0.3, 0.4) is 0 Å². The van der Waals surface area contributed by atoms with E-state index in [1.54, 1.807) is 10.4 Å². The topological polar surface area (TPSA) is 55.8 Å². The van der Waals surface area contributed by atoms with Crippen LogP contribution in [0.2, 0.25) is 0 Å². The monoisotopic (exact) mass is 391 g/mol. The Morgan fingerprint density at radius 2 is 1.59 bits per heavy atom. The summed E-state index contributed by atoms with van der Waals surface area (Å²) in [6.07, 6.45) is 1.05. The molecule has 0 bridgehead atoms. The standard InChI is InChI=1S/C15H22BrNO4S/c1-10-5-11(2)9-17(8-10)22(18,19)15-7-14(21-4)13(20-3)6-12(15)16/h6-7,10-11H,5,8-9H2,1-4H3/t10-,11-/m0/s1. The number of benzene rings is 1. The number of nitrogens with zero attached hydrogens (tertiary/aromatic N) is 1. The summed E-state index contributed by atoms with van der Waals surface area (Å²) in [6, 6.07) is 3.14. The minimum absolute atomic E-state index is 0.214. The maximum atomic E-state index is 13.0. The highest BCUT2D eigenvalue weighted by Gasteiger charge is 2.33. The second kappa shape index (κ2) is 6.76. The zero-order valence-electron chi connectivity index (χ0n) is 13.3. The fourth-order valence-corrected chi connectivity index (χ4v) is 5.65. The summed E-state index contributed by atoms with van der Waals surface area (Å²) in [4.78, 5) is 0.214. The molecule has 1 aromatic rings. The van der Waals surface area contributed by atoms with Gasteiger partial charge in [-0.3, -0.25) is 0 Å². The quantitative estimate of drug-likeness (QED) is 0.790. The van der Waals surface area contributed by atoms with Crippen molar-refractivity contribution in [2.45, 2.75) is 25.2 Å². The van der Waals surface area contributed by atoms with Crippen molar-refractivity contribution >= 4 is 26.0 Å². The van der Waals surface area contributed by atoms with E-state index in [9.17, 15) is 8.42 Å². The second-order valence-corrected chi connectivity index (χ2v) is 8.67. The lowest BCUT2D eigenvalue weighted by atomic mass is 9.94. The predicted octanol–water partition coefficient (Wildman–Crippen LogP) is 3.13. The van der Waals surface area contributed by atoms with E-state index < -0.39 is 10.0 Å². The lowest BCUT2D eigenvalue weighted by Crippen LogP contribution is -2.42. The third kappa shape index (κ3) is 3.41. The molecule has 1 aromatic carbocycles. The van der Waals surface area contributed by atoms with Crippen LogP contribution in [0.5, 0.6) is 11.5 Å². The molecule has 1 aliphatic heterocycles. The van der Waals surface area contributed by atoms with E-state index in [0.29, 0.717) is 40.9 Å². The summed E-state index contributed by atoms with van der Waals surface area (Å²) in [5, 5.41) is 0. The third-order valence-corrected chi connectivity index (χ3v) is 6.68. The molecular weight excluding hydrogens is 370 g/mol. The Hall–Kier alpha value is -0.790. The van der Waals surface area contributed by atoms with Gasteiger partial charge in [0.15, 0.2) is 11.5 Å². The van der Waals surface area contributed by atoms with E-state index in [-0.39, 0.29) is 4.90 Å². The number of methoxy groups -OCH3 is 2.